The maximum absolute atomic E-state index is 9.11. The van der Waals surface area contributed by atoms with E-state index in [1.54, 1.807) is 0 Å². The summed E-state index contributed by atoms with van der Waals surface area (Å²) in [6.07, 6.45) is 0. The second-order valence-corrected chi connectivity index (χ2v) is 3.83. The van der Waals surface area contributed by atoms with Gasteiger partial charge in [0.2, 0.25) is 0 Å². The molecular weight excluding hydrogens is 204 g/mol. The maximum atomic E-state index is 9.11. The number of likely N-dealkylation sites (N-methyl/N-ethyl adjacent to an activating group) is 1. The van der Waals surface area contributed by atoms with Crippen molar-refractivity contribution < 1.29 is 5.11 Å². The number of aromatic nitrogens is 2. The zero-order valence-corrected chi connectivity index (χ0v) is 10.4. The lowest BCUT2D eigenvalue weighted by Crippen LogP contribution is -2.32. The first-order valence-electron chi connectivity index (χ1n) is 5.51. The number of rotatable bonds is 5. The summed E-state index contributed by atoms with van der Waals surface area (Å²) in [5, 5.41) is 12.3. The molecule has 1 rings (SSSR count). The minimum Gasteiger partial charge on any atom is -0.394 e. The molecule has 5 nitrogen and oxygen atoms in total. The Labute approximate surface area is 96.5 Å². The zero-order chi connectivity index (χ0) is 12.1. The normalized spacial score (nSPS) is 12.3. The van der Waals surface area contributed by atoms with Crippen LogP contribution in [0, 0.1) is 6.92 Å². The topological polar surface area (TPSA) is 61.3 Å². The Bertz CT molecular complexity index is 343. The van der Waals surface area contributed by atoms with Crippen molar-refractivity contribution in [2.45, 2.75) is 26.8 Å². The van der Waals surface area contributed by atoms with Crippen LogP contribution in [0.5, 0.6) is 0 Å². The Morgan fingerprint density at radius 1 is 1.50 bits per heavy atom. The van der Waals surface area contributed by atoms with Crippen molar-refractivity contribution in [2.75, 3.05) is 30.4 Å². The molecule has 0 radical (unpaired) electrons. The number of nitrogens with zero attached hydrogens (tertiary/aromatic N) is 3. The molecule has 1 aromatic heterocycles. The zero-order valence-electron chi connectivity index (χ0n) is 10.4. The molecule has 2 N–H and O–H groups in total. The Balaban J connectivity index is 2.94. The van der Waals surface area contributed by atoms with Gasteiger partial charge < -0.3 is 15.3 Å². The van der Waals surface area contributed by atoms with Crippen LogP contribution in [0.25, 0.3) is 0 Å². The smallest absolute Gasteiger partial charge is 0.134 e. The van der Waals surface area contributed by atoms with Crippen molar-refractivity contribution in [1.82, 2.24) is 9.97 Å². The van der Waals surface area contributed by atoms with Crippen LogP contribution in [0.2, 0.25) is 0 Å². The summed E-state index contributed by atoms with van der Waals surface area (Å²) in [4.78, 5) is 10.6. The second kappa shape index (κ2) is 5.65. The standard InChI is InChI=1S/C11H20N4O/c1-5-12-10-6-11(14-9(3)13-10)15(4)8(2)7-16/h6,8,16H,5,7H2,1-4H3,(H,12,13,14). The average molecular weight is 224 g/mol. The molecule has 0 aromatic carbocycles. The van der Waals surface area contributed by atoms with E-state index in [0.717, 1.165) is 24.0 Å². The molecule has 0 saturated heterocycles. The van der Waals surface area contributed by atoms with Gasteiger partial charge in [-0.05, 0) is 20.8 Å². The first kappa shape index (κ1) is 12.7. The van der Waals surface area contributed by atoms with Crippen LogP contribution < -0.4 is 10.2 Å². The first-order valence-corrected chi connectivity index (χ1v) is 5.51. The van der Waals surface area contributed by atoms with Crippen molar-refractivity contribution >= 4 is 11.6 Å². The second-order valence-electron chi connectivity index (χ2n) is 3.83. The van der Waals surface area contributed by atoms with E-state index < -0.39 is 0 Å². The van der Waals surface area contributed by atoms with Gasteiger partial charge in [-0.25, -0.2) is 9.97 Å². The largest absolute Gasteiger partial charge is 0.394 e. The fourth-order valence-corrected chi connectivity index (χ4v) is 1.35. The Hall–Kier alpha value is -1.36. The van der Waals surface area contributed by atoms with Crippen molar-refractivity contribution in [3.8, 4) is 0 Å². The monoisotopic (exact) mass is 224 g/mol. The molecule has 1 heterocycles. The van der Waals surface area contributed by atoms with E-state index in [9.17, 15) is 0 Å². The van der Waals surface area contributed by atoms with Crippen LogP contribution in [-0.4, -0.2) is 41.3 Å². The van der Waals surface area contributed by atoms with E-state index in [1.807, 2.05) is 38.8 Å². The molecule has 1 atom stereocenters. The summed E-state index contributed by atoms with van der Waals surface area (Å²) in [5.41, 5.74) is 0. The highest BCUT2D eigenvalue weighted by Crippen LogP contribution is 2.16. The highest BCUT2D eigenvalue weighted by atomic mass is 16.3. The molecule has 0 fully saturated rings. The molecular formula is C11H20N4O. The summed E-state index contributed by atoms with van der Waals surface area (Å²) in [5.74, 6) is 2.37. The molecule has 0 aliphatic carbocycles. The van der Waals surface area contributed by atoms with Crippen molar-refractivity contribution in [3.63, 3.8) is 0 Å². The molecule has 0 saturated carbocycles. The van der Waals surface area contributed by atoms with Gasteiger partial charge in [0, 0.05) is 19.7 Å². The molecule has 0 aliphatic rings. The van der Waals surface area contributed by atoms with E-state index in [1.165, 1.54) is 0 Å². The number of hydrogen-bond donors (Lipinski definition) is 2. The van der Waals surface area contributed by atoms with Gasteiger partial charge in [0.25, 0.3) is 0 Å². The summed E-state index contributed by atoms with van der Waals surface area (Å²) in [6.45, 7) is 6.77. The van der Waals surface area contributed by atoms with Gasteiger partial charge in [-0.3, -0.25) is 0 Å². The van der Waals surface area contributed by atoms with E-state index in [0.29, 0.717) is 0 Å². The summed E-state index contributed by atoms with van der Waals surface area (Å²) in [6, 6.07) is 1.94. The van der Waals surface area contributed by atoms with E-state index >= 15 is 0 Å². The minimum atomic E-state index is 0.0452. The minimum absolute atomic E-state index is 0.0452. The van der Waals surface area contributed by atoms with Gasteiger partial charge in [0.05, 0.1) is 12.6 Å². The SMILES string of the molecule is CCNc1cc(N(C)C(C)CO)nc(C)n1. The van der Waals surface area contributed by atoms with Crippen molar-refractivity contribution in [3.05, 3.63) is 11.9 Å². The lowest BCUT2D eigenvalue weighted by Gasteiger charge is -2.24. The first-order chi connectivity index (χ1) is 7.58. The molecule has 1 unspecified atom stereocenters. The number of aliphatic hydroxyl groups is 1. The van der Waals surface area contributed by atoms with Gasteiger partial charge >= 0.3 is 0 Å². The van der Waals surface area contributed by atoms with Gasteiger partial charge in [-0.2, -0.15) is 0 Å². The van der Waals surface area contributed by atoms with Gasteiger partial charge in [0.1, 0.15) is 17.5 Å². The third-order valence-electron chi connectivity index (χ3n) is 2.47. The summed E-state index contributed by atoms with van der Waals surface area (Å²) in [7, 11) is 1.92. The van der Waals surface area contributed by atoms with Gasteiger partial charge in [-0.1, -0.05) is 0 Å². The molecule has 0 bridgehead atoms. The molecule has 1 aromatic rings. The number of anilines is 2. The number of aliphatic hydroxyl groups excluding tert-OH is 1. The Kier molecular flexibility index (Phi) is 4.49. The summed E-state index contributed by atoms with van der Waals surface area (Å²) < 4.78 is 0. The average Bonchev–Trinajstić information content (AvgIpc) is 2.26. The molecule has 0 spiro atoms. The lowest BCUT2D eigenvalue weighted by atomic mass is 10.3. The molecule has 0 aliphatic heterocycles. The predicted octanol–water partition coefficient (Wildman–Crippen LogP) is 1.03. The van der Waals surface area contributed by atoms with Crippen molar-refractivity contribution in [1.29, 1.82) is 0 Å². The molecule has 5 heteroatoms. The van der Waals surface area contributed by atoms with Gasteiger partial charge in [0.15, 0.2) is 0 Å². The van der Waals surface area contributed by atoms with E-state index in [4.69, 9.17) is 5.11 Å². The van der Waals surface area contributed by atoms with Crippen molar-refractivity contribution in [2.24, 2.45) is 0 Å². The summed E-state index contributed by atoms with van der Waals surface area (Å²) >= 11 is 0. The number of hydrogen-bond acceptors (Lipinski definition) is 5. The van der Waals surface area contributed by atoms with E-state index in [-0.39, 0.29) is 12.6 Å². The Morgan fingerprint density at radius 3 is 2.75 bits per heavy atom. The Morgan fingerprint density at radius 2 is 2.19 bits per heavy atom. The lowest BCUT2D eigenvalue weighted by molar-refractivity contribution is 0.269. The van der Waals surface area contributed by atoms with Crippen LogP contribution >= 0.6 is 0 Å². The van der Waals surface area contributed by atoms with E-state index in [2.05, 4.69) is 15.3 Å². The maximum Gasteiger partial charge on any atom is 0.134 e. The predicted molar refractivity (Wildman–Crippen MR) is 65.9 cm³/mol. The fraction of sp³-hybridized carbons (Fsp3) is 0.636. The van der Waals surface area contributed by atoms with Crippen LogP contribution in [-0.2, 0) is 0 Å². The highest BCUT2D eigenvalue weighted by molar-refractivity contribution is 5.49. The fourth-order valence-electron chi connectivity index (χ4n) is 1.35. The molecule has 16 heavy (non-hydrogen) atoms. The van der Waals surface area contributed by atoms with Crippen LogP contribution in [0.15, 0.2) is 6.07 Å². The quantitative estimate of drug-likeness (QED) is 0.782. The van der Waals surface area contributed by atoms with Crippen LogP contribution in [0.3, 0.4) is 0 Å². The van der Waals surface area contributed by atoms with Crippen LogP contribution in [0.4, 0.5) is 11.6 Å². The van der Waals surface area contributed by atoms with Crippen LogP contribution in [0.1, 0.15) is 19.7 Å². The third kappa shape index (κ3) is 3.06. The highest BCUT2D eigenvalue weighted by Gasteiger charge is 2.11. The van der Waals surface area contributed by atoms with Gasteiger partial charge in [-0.15, -0.1) is 0 Å². The number of nitrogens with one attached hydrogen (secondary N) is 1. The molecule has 0 amide bonds. The number of aryl methyl sites for hydroxylation is 1. The molecule has 90 valence electrons. The third-order valence-corrected chi connectivity index (χ3v) is 2.47.